The number of aryl methyl sites for hydroxylation is 2. The minimum Gasteiger partial charge on any atom is -0.0610 e. The standard InChI is InChI=1S/C38H30/c1(3-7-25-13-15-31-19-17-27-9-5-11-29-21-23-33(25)37(31)35(27)29)2-4-8-26-14-16-32-20-18-28-10-6-12-30-22-24-34(26)38(32)36(28)30/h5-6,9-24H,1-4,7-8H2. The Hall–Kier alpha value is -4.16. The first-order chi connectivity index (χ1) is 18.8. The molecule has 182 valence electrons. The van der Waals surface area contributed by atoms with Crippen LogP contribution in [0.2, 0.25) is 0 Å². The summed E-state index contributed by atoms with van der Waals surface area (Å²) in [6.45, 7) is 0. The van der Waals surface area contributed by atoms with E-state index >= 15 is 0 Å². The maximum absolute atomic E-state index is 2.37. The van der Waals surface area contributed by atoms with Crippen LogP contribution in [0.25, 0.3) is 64.6 Å². The van der Waals surface area contributed by atoms with Crippen molar-refractivity contribution in [3.63, 3.8) is 0 Å². The summed E-state index contributed by atoms with van der Waals surface area (Å²) in [5, 5.41) is 16.8. The average molecular weight is 487 g/mol. The molecule has 0 bridgehead atoms. The lowest BCUT2D eigenvalue weighted by atomic mass is 9.90. The largest absolute Gasteiger partial charge is 0.0610 e. The maximum atomic E-state index is 2.37. The number of unbranched alkanes of at least 4 members (excludes halogenated alkanes) is 3. The fraction of sp³-hybridized carbons (Fsp3) is 0.158. The Morgan fingerprint density at radius 1 is 0.289 bits per heavy atom. The Balaban J connectivity index is 0.979. The molecule has 8 aromatic carbocycles. The molecule has 0 fully saturated rings. The van der Waals surface area contributed by atoms with Crippen molar-refractivity contribution in [3.05, 3.63) is 120 Å². The van der Waals surface area contributed by atoms with Crippen LogP contribution in [-0.2, 0) is 12.8 Å². The second kappa shape index (κ2) is 8.71. The van der Waals surface area contributed by atoms with Crippen molar-refractivity contribution in [3.8, 4) is 0 Å². The van der Waals surface area contributed by atoms with E-state index in [9.17, 15) is 0 Å². The first-order valence-corrected chi connectivity index (χ1v) is 14.2. The van der Waals surface area contributed by atoms with Gasteiger partial charge in [0, 0.05) is 0 Å². The van der Waals surface area contributed by atoms with Gasteiger partial charge in [-0.25, -0.2) is 0 Å². The molecular formula is C38H30. The zero-order chi connectivity index (χ0) is 25.1. The van der Waals surface area contributed by atoms with Crippen molar-refractivity contribution in [1.29, 1.82) is 0 Å². The summed E-state index contributed by atoms with van der Waals surface area (Å²) in [5.74, 6) is 0. The summed E-state index contributed by atoms with van der Waals surface area (Å²) in [4.78, 5) is 0. The second-order valence-electron chi connectivity index (χ2n) is 11.1. The predicted octanol–water partition coefficient (Wildman–Crippen LogP) is 10.8. The molecule has 0 N–H and O–H groups in total. The van der Waals surface area contributed by atoms with Crippen LogP contribution in [0.3, 0.4) is 0 Å². The second-order valence-corrected chi connectivity index (χ2v) is 11.1. The van der Waals surface area contributed by atoms with Crippen LogP contribution in [0.1, 0.15) is 36.8 Å². The monoisotopic (exact) mass is 486 g/mol. The molecule has 0 heterocycles. The van der Waals surface area contributed by atoms with Gasteiger partial charge in [-0.2, -0.15) is 0 Å². The molecule has 0 atom stereocenters. The third-order valence-electron chi connectivity index (χ3n) is 8.88. The molecule has 8 rings (SSSR count). The minimum absolute atomic E-state index is 1.16. The van der Waals surface area contributed by atoms with Crippen molar-refractivity contribution in [2.45, 2.75) is 38.5 Å². The van der Waals surface area contributed by atoms with E-state index in [1.165, 1.54) is 101 Å². The molecule has 0 amide bonds. The molecular weight excluding hydrogens is 456 g/mol. The van der Waals surface area contributed by atoms with Crippen molar-refractivity contribution in [2.24, 2.45) is 0 Å². The molecule has 0 saturated heterocycles. The third-order valence-corrected chi connectivity index (χ3v) is 8.88. The highest BCUT2D eigenvalue weighted by molar-refractivity contribution is 6.24. The summed E-state index contributed by atoms with van der Waals surface area (Å²) in [5.41, 5.74) is 3.00. The van der Waals surface area contributed by atoms with Crippen LogP contribution < -0.4 is 0 Å². The van der Waals surface area contributed by atoms with Gasteiger partial charge in [0.1, 0.15) is 0 Å². The van der Waals surface area contributed by atoms with E-state index in [1.807, 2.05) is 0 Å². The molecule has 0 radical (unpaired) electrons. The Bertz CT molecular complexity index is 1890. The van der Waals surface area contributed by atoms with Crippen LogP contribution in [-0.4, -0.2) is 0 Å². The lowest BCUT2D eigenvalue weighted by Crippen LogP contribution is -1.93. The van der Waals surface area contributed by atoms with E-state index in [2.05, 4.69) is 109 Å². The maximum Gasteiger partial charge on any atom is -0.00240 e. The number of benzene rings is 8. The number of hydrogen-bond acceptors (Lipinski definition) is 0. The SMILES string of the molecule is c1cc2ccc3ccc(CCCCCCc4ccc5ccc6cccc7ccc4c5c67)c4ccc(c1)c2c34. The summed E-state index contributed by atoms with van der Waals surface area (Å²) in [6, 6.07) is 41.2. The van der Waals surface area contributed by atoms with Crippen molar-refractivity contribution in [2.75, 3.05) is 0 Å². The minimum atomic E-state index is 1.16. The molecule has 8 aromatic rings. The zero-order valence-corrected chi connectivity index (χ0v) is 21.6. The van der Waals surface area contributed by atoms with Gasteiger partial charge in [0.05, 0.1) is 0 Å². The fourth-order valence-electron chi connectivity index (χ4n) is 7.01. The number of rotatable bonds is 7. The Morgan fingerprint density at radius 2 is 0.632 bits per heavy atom. The fourth-order valence-corrected chi connectivity index (χ4v) is 7.01. The summed E-state index contributed by atoms with van der Waals surface area (Å²) < 4.78 is 0. The van der Waals surface area contributed by atoms with Crippen molar-refractivity contribution >= 4 is 64.6 Å². The van der Waals surface area contributed by atoms with E-state index < -0.39 is 0 Å². The summed E-state index contributed by atoms with van der Waals surface area (Å²) in [7, 11) is 0. The molecule has 0 aromatic heterocycles. The van der Waals surface area contributed by atoms with Crippen LogP contribution in [0, 0.1) is 0 Å². The first kappa shape index (κ1) is 21.9. The van der Waals surface area contributed by atoms with Gasteiger partial charge in [-0.15, -0.1) is 0 Å². The Kier molecular flexibility index (Phi) is 5.01. The molecule has 0 aliphatic rings. The zero-order valence-electron chi connectivity index (χ0n) is 21.6. The van der Waals surface area contributed by atoms with E-state index in [0.29, 0.717) is 0 Å². The number of hydrogen-bond donors (Lipinski definition) is 0. The van der Waals surface area contributed by atoms with Crippen LogP contribution >= 0.6 is 0 Å². The molecule has 0 saturated carbocycles. The summed E-state index contributed by atoms with van der Waals surface area (Å²) in [6.07, 6.45) is 7.40. The average Bonchev–Trinajstić information content (AvgIpc) is 2.97. The lowest BCUT2D eigenvalue weighted by Gasteiger charge is -2.14. The van der Waals surface area contributed by atoms with Crippen LogP contribution in [0.5, 0.6) is 0 Å². The van der Waals surface area contributed by atoms with E-state index in [4.69, 9.17) is 0 Å². The molecule has 0 heteroatoms. The highest BCUT2D eigenvalue weighted by Crippen LogP contribution is 2.38. The van der Waals surface area contributed by atoms with Gasteiger partial charge in [0.15, 0.2) is 0 Å². The molecule has 0 aliphatic carbocycles. The van der Waals surface area contributed by atoms with Gasteiger partial charge in [0.25, 0.3) is 0 Å². The lowest BCUT2D eigenvalue weighted by molar-refractivity contribution is 0.642. The smallest absolute Gasteiger partial charge is 0.00240 e. The van der Waals surface area contributed by atoms with E-state index in [1.54, 1.807) is 0 Å². The van der Waals surface area contributed by atoms with Gasteiger partial charge in [0.2, 0.25) is 0 Å². The van der Waals surface area contributed by atoms with Gasteiger partial charge >= 0.3 is 0 Å². The first-order valence-electron chi connectivity index (χ1n) is 14.2. The Labute approximate surface area is 223 Å². The van der Waals surface area contributed by atoms with E-state index in [0.717, 1.165) is 12.8 Å². The summed E-state index contributed by atoms with van der Waals surface area (Å²) >= 11 is 0. The molecule has 0 aliphatic heterocycles. The van der Waals surface area contributed by atoms with Gasteiger partial charge in [-0.05, 0) is 101 Å². The molecule has 0 spiro atoms. The molecule has 38 heavy (non-hydrogen) atoms. The molecule has 0 unspecified atom stereocenters. The van der Waals surface area contributed by atoms with Crippen LogP contribution in [0.15, 0.2) is 109 Å². The highest BCUT2D eigenvalue weighted by Gasteiger charge is 2.12. The topological polar surface area (TPSA) is 0 Å². The van der Waals surface area contributed by atoms with Gasteiger partial charge in [-0.1, -0.05) is 122 Å². The van der Waals surface area contributed by atoms with E-state index in [-0.39, 0.29) is 0 Å². The van der Waals surface area contributed by atoms with Crippen molar-refractivity contribution in [1.82, 2.24) is 0 Å². The van der Waals surface area contributed by atoms with Gasteiger partial charge < -0.3 is 0 Å². The van der Waals surface area contributed by atoms with Crippen molar-refractivity contribution < 1.29 is 0 Å². The quantitative estimate of drug-likeness (QED) is 0.155. The molecule has 0 nitrogen and oxygen atoms in total. The highest BCUT2D eigenvalue weighted by atomic mass is 14.2. The predicted molar refractivity (Wildman–Crippen MR) is 166 cm³/mol. The Morgan fingerprint density at radius 3 is 1.05 bits per heavy atom. The van der Waals surface area contributed by atoms with Gasteiger partial charge in [-0.3, -0.25) is 0 Å². The van der Waals surface area contributed by atoms with Crippen LogP contribution in [0.4, 0.5) is 0 Å². The third kappa shape index (κ3) is 3.37. The normalized spacial score (nSPS) is 12.3.